The van der Waals surface area contributed by atoms with Gasteiger partial charge in [-0.25, -0.2) is 0 Å². The van der Waals surface area contributed by atoms with Gasteiger partial charge in [-0.2, -0.15) is 0 Å². The molecule has 1 aromatic carbocycles. The molecule has 0 nitrogen and oxygen atoms in total. The van der Waals surface area contributed by atoms with E-state index in [0.29, 0.717) is 5.38 Å². The van der Waals surface area contributed by atoms with E-state index in [0.717, 1.165) is 12.3 Å². The number of alkyl halides is 1. The second kappa shape index (κ2) is 6.44. The highest BCUT2D eigenvalue weighted by molar-refractivity contribution is 6.20. The van der Waals surface area contributed by atoms with Crippen LogP contribution in [0, 0.1) is 12.8 Å². The maximum Gasteiger partial charge on any atom is 0.0376 e. The van der Waals surface area contributed by atoms with Crippen LogP contribution >= 0.6 is 11.6 Å². The lowest BCUT2D eigenvalue weighted by Crippen LogP contribution is -2.06. The van der Waals surface area contributed by atoms with Crippen molar-refractivity contribution in [2.24, 2.45) is 5.92 Å². The number of aryl methyl sites for hydroxylation is 1. The average Bonchev–Trinajstić information content (AvgIpc) is 2.79. The third-order valence-electron chi connectivity index (χ3n) is 3.90. The summed E-state index contributed by atoms with van der Waals surface area (Å²) in [6.07, 6.45) is 9.29. The lowest BCUT2D eigenvalue weighted by atomic mass is 9.98. The highest BCUT2D eigenvalue weighted by Crippen LogP contribution is 2.30. The number of hydrogen-bond acceptors (Lipinski definition) is 0. The van der Waals surface area contributed by atoms with E-state index >= 15 is 0 Å². The van der Waals surface area contributed by atoms with Crippen LogP contribution < -0.4 is 0 Å². The zero-order chi connectivity index (χ0) is 12.1. The van der Waals surface area contributed by atoms with Crippen molar-refractivity contribution >= 4 is 11.6 Å². The first-order valence-electron chi connectivity index (χ1n) is 6.93. The summed E-state index contributed by atoms with van der Waals surface area (Å²) in [7, 11) is 0. The monoisotopic (exact) mass is 250 g/mol. The SMILES string of the molecule is Cc1cccc(CC(Cl)CCC2CCCC2)c1. The standard InChI is InChI=1S/C16H23Cl/c1-13-5-4-8-15(11-13)12-16(17)10-9-14-6-2-3-7-14/h4-5,8,11,14,16H,2-3,6-7,9-10,12H2,1H3. The van der Waals surface area contributed by atoms with Gasteiger partial charge in [-0.05, 0) is 37.7 Å². The molecule has 94 valence electrons. The Morgan fingerprint density at radius 1 is 1.29 bits per heavy atom. The number of hydrogen-bond donors (Lipinski definition) is 0. The van der Waals surface area contributed by atoms with Crippen LogP contribution in [0.25, 0.3) is 0 Å². The molecule has 1 fully saturated rings. The maximum atomic E-state index is 6.45. The van der Waals surface area contributed by atoms with Crippen molar-refractivity contribution in [1.82, 2.24) is 0 Å². The van der Waals surface area contributed by atoms with Crippen LogP contribution in [-0.4, -0.2) is 5.38 Å². The average molecular weight is 251 g/mol. The molecular weight excluding hydrogens is 228 g/mol. The minimum Gasteiger partial charge on any atom is -0.123 e. The van der Waals surface area contributed by atoms with E-state index in [9.17, 15) is 0 Å². The van der Waals surface area contributed by atoms with Gasteiger partial charge in [0.25, 0.3) is 0 Å². The van der Waals surface area contributed by atoms with E-state index in [1.54, 1.807) is 0 Å². The molecule has 0 spiro atoms. The molecule has 0 heterocycles. The zero-order valence-electron chi connectivity index (χ0n) is 10.8. The molecule has 0 saturated heterocycles. The van der Waals surface area contributed by atoms with Crippen molar-refractivity contribution in [3.8, 4) is 0 Å². The second-order valence-corrected chi connectivity index (χ2v) is 6.14. The number of halogens is 1. The Hall–Kier alpha value is -0.490. The third-order valence-corrected chi connectivity index (χ3v) is 4.28. The minimum atomic E-state index is 0.317. The van der Waals surface area contributed by atoms with Crippen molar-refractivity contribution in [1.29, 1.82) is 0 Å². The topological polar surface area (TPSA) is 0 Å². The Morgan fingerprint density at radius 2 is 2.06 bits per heavy atom. The molecule has 0 bridgehead atoms. The van der Waals surface area contributed by atoms with Gasteiger partial charge < -0.3 is 0 Å². The van der Waals surface area contributed by atoms with Crippen LogP contribution in [0.1, 0.15) is 49.7 Å². The van der Waals surface area contributed by atoms with Crippen LogP contribution in [0.2, 0.25) is 0 Å². The van der Waals surface area contributed by atoms with Gasteiger partial charge in [0.05, 0.1) is 0 Å². The molecule has 1 atom stereocenters. The second-order valence-electron chi connectivity index (χ2n) is 5.52. The predicted octanol–water partition coefficient (Wildman–Crippen LogP) is 5.12. The largest absolute Gasteiger partial charge is 0.123 e. The van der Waals surface area contributed by atoms with Crippen LogP contribution in [0.3, 0.4) is 0 Å². The molecule has 1 aliphatic carbocycles. The van der Waals surface area contributed by atoms with Gasteiger partial charge in [0.15, 0.2) is 0 Å². The Bertz CT molecular complexity index is 339. The zero-order valence-corrected chi connectivity index (χ0v) is 11.5. The van der Waals surface area contributed by atoms with Crippen molar-refractivity contribution in [3.05, 3.63) is 35.4 Å². The fourth-order valence-electron chi connectivity index (χ4n) is 2.91. The fraction of sp³-hybridized carbons (Fsp3) is 0.625. The first kappa shape index (κ1) is 13.0. The van der Waals surface area contributed by atoms with Crippen LogP contribution in [0.15, 0.2) is 24.3 Å². The van der Waals surface area contributed by atoms with Gasteiger partial charge in [-0.15, -0.1) is 11.6 Å². The normalized spacial score (nSPS) is 18.5. The summed E-state index contributed by atoms with van der Waals surface area (Å²) in [6.45, 7) is 2.14. The summed E-state index contributed by atoms with van der Waals surface area (Å²) in [5.74, 6) is 0.966. The van der Waals surface area contributed by atoms with Crippen LogP contribution in [-0.2, 0) is 6.42 Å². The van der Waals surface area contributed by atoms with E-state index in [4.69, 9.17) is 11.6 Å². The maximum absolute atomic E-state index is 6.45. The van der Waals surface area contributed by atoms with Crippen LogP contribution in [0.4, 0.5) is 0 Å². The number of benzene rings is 1. The summed E-state index contributed by atoms with van der Waals surface area (Å²) in [5, 5.41) is 0.317. The molecule has 0 amide bonds. The Labute approximate surface area is 110 Å². The van der Waals surface area contributed by atoms with E-state index in [2.05, 4.69) is 31.2 Å². The summed E-state index contributed by atoms with van der Waals surface area (Å²) < 4.78 is 0. The van der Waals surface area contributed by atoms with Crippen LogP contribution in [0.5, 0.6) is 0 Å². The van der Waals surface area contributed by atoms with Gasteiger partial charge in [0, 0.05) is 5.38 Å². The minimum absolute atomic E-state index is 0.317. The molecular formula is C16H23Cl. The summed E-state index contributed by atoms with van der Waals surface area (Å²) >= 11 is 6.45. The highest BCUT2D eigenvalue weighted by atomic mass is 35.5. The predicted molar refractivity (Wildman–Crippen MR) is 75.7 cm³/mol. The summed E-state index contributed by atoms with van der Waals surface area (Å²) in [6, 6.07) is 8.72. The molecule has 0 radical (unpaired) electrons. The lowest BCUT2D eigenvalue weighted by Gasteiger charge is -2.13. The van der Waals surface area contributed by atoms with Crippen molar-refractivity contribution in [2.45, 2.75) is 57.2 Å². The van der Waals surface area contributed by atoms with E-state index in [1.807, 2.05) is 0 Å². The Morgan fingerprint density at radius 3 is 2.76 bits per heavy atom. The van der Waals surface area contributed by atoms with Crippen molar-refractivity contribution in [2.75, 3.05) is 0 Å². The molecule has 0 N–H and O–H groups in total. The molecule has 17 heavy (non-hydrogen) atoms. The van der Waals surface area contributed by atoms with E-state index in [1.165, 1.54) is 49.7 Å². The Kier molecular flexibility index (Phi) is 4.91. The fourth-order valence-corrected chi connectivity index (χ4v) is 3.22. The summed E-state index contributed by atoms with van der Waals surface area (Å²) in [4.78, 5) is 0. The van der Waals surface area contributed by atoms with Crippen molar-refractivity contribution < 1.29 is 0 Å². The first-order chi connectivity index (χ1) is 8.24. The third kappa shape index (κ3) is 4.35. The highest BCUT2D eigenvalue weighted by Gasteiger charge is 2.16. The van der Waals surface area contributed by atoms with Crippen molar-refractivity contribution in [3.63, 3.8) is 0 Å². The molecule has 1 unspecified atom stereocenters. The molecule has 0 aliphatic heterocycles. The van der Waals surface area contributed by atoms with E-state index in [-0.39, 0.29) is 0 Å². The van der Waals surface area contributed by atoms with Gasteiger partial charge in [-0.3, -0.25) is 0 Å². The quantitative estimate of drug-likeness (QED) is 0.637. The molecule has 1 aromatic rings. The number of rotatable bonds is 5. The van der Waals surface area contributed by atoms with Gasteiger partial charge in [0.1, 0.15) is 0 Å². The molecule has 1 saturated carbocycles. The van der Waals surface area contributed by atoms with E-state index < -0.39 is 0 Å². The van der Waals surface area contributed by atoms with Gasteiger partial charge >= 0.3 is 0 Å². The Balaban J connectivity index is 1.74. The first-order valence-corrected chi connectivity index (χ1v) is 7.37. The lowest BCUT2D eigenvalue weighted by molar-refractivity contribution is 0.476. The van der Waals surface area contributed by atoms with Gasteiger partial charge in [-0.1, -0.05) is 55.5 Å². The van der Waals surface area contributed by atoms with Gasteiger partial charge in [0.2, 0.25) is 0 Å². The molecule has 1 heteroatoms. The summed E-state index contributed by atoms with van der Waals surface area (Å²) in [5.41, 5.74) is 2.72. The molecule has 0 aromatic heterocycles. The molecule has 1 aliphatic rings. The smallest absolute Gasteiger partial charge is 0.0376 e. The molecule has 2 rings (SSSR count).